The molecule has 26 nitrogen and oxygen atoms in total. The Bertz CT molecular complexity index is 3340. The summed E-state index contributed by atoms with van der Waals surface area (Å²) in [7, 11) is -20.3. The number of nitrogens with two attached hydrogens (primary N) is 2. The van der Waals surface area contributed by atoms with E-state index in [9.17, 15) is 62.1 Å². The van der Waals surface area contributed by atoms with E-state index in [-0.39, 0.29) is 98.6 Å². The number of anilines is 2. The average Bonchev–Trinajstić information content (AvgIpc) is 3.26. The van der Waals surface area contributed by atoms with Crippen LogP contribution in [-0.2, 0) is 49.9 Å². The lowest BCUT2D eigenvalue weighted by molar-refractivity contribution is 0.0640. The van der Waals surface area contributed by atoms with Crippen LogP contribution in [0.3, 0.4) is 0 Å². The number of benzene rings is 6. The van der Waals surface area contributed by atoms with E-state index in [1.54, 1.807) is 0 Å². The second kappa shape index (κ2) is 20.2. The lowest BCUT2D eigenvalue weighted by Crippen LogP contribution is -2.15. The Hall–Kier alpha value is -7.00. The van der Waals surface area contributed by atoms with Crippen LogP contribution in [0.25, 0.3) is 21.5 Å². The van der Waals surface area contributed by atoms with Crippen LogP contribution in [0.5, 0.6) is 34.5 Å². The minimum atomic E-state index is -5.20. The topological polar surface area (TPSA) is 415 Å². The summed E-state index contributed by atoms with van der Waals surface area (Å²) < 4.78 is 172. The van der Waals surface area contributed by atoms with Gasteiger partial charge < -0.3 is 50.1 Å². The Labute approximate surface area is 396 Å². The zero-order valence-electron chi connectivity index (χ0n) is 35.6. The predicted molar refractivity (Wildman–Crippen MR) is 244 cm³/mol. The molecule has 0 spiro atoms. The standard InChI is InChI=1S/C40H38N6O20S4/c41-25-3-7-31(67(49,50)51)23-19-33(69(55,56)57)37(39(47)35(23)25)45-43-21-1-5-27-29(17-21)65-15-11-62-10-14-64-28-6-2-22(18-30(28)66-16-12-61-9-13-63-27)44-46-38-34(70(58,59)60)20-24-32(68(52,53)54)8-4-26(42)36(24)40(38)48/h1-8,17-20,47-48H,9-16,41-42H2,(H,49,50,51)(H,52,53,54)(H,55,56,57)(H,58,59,60). The molecule has 6 aromatic rings. The smallest absolute Gasteiger partial charge is 0.296 e. The quantitative estimate of drug-likeness (QED) is 0.0518. The van der Waals surface area contributed by atoms with E-state index in [1.807, 2.05) is 0 Å². The summed E-state index contributed by atoms with van der Waals surface area (Å²) in [6.07, 6.45) is 0. The molecule has 0 saturated heterocycles. The molecule has 1 aliphatic heterocycles. The summed E-state index contributed by atoms with van der Waals surface area (Å²) in [5.41, 5.74) is 9.91. The van der Waals surface area contributed by atoms with Gasteiger partial charge in [-0.05, 0) is 60.7 Å². The number of phenols is 2. The van der Waals surface area contributed by atoms with Crippen molar-refractivity contribution in [1.82, 2.24) is 0 Å². The van der Waals surface area contributed by atoms with Crippen molar-refractivity contribution in [2.75, 3.05) is 64.3 Å². The number of phenolic OH excluding ortho intramolecular Hbond substituents is 2. The third kappa shape index (κ3) is 11.4. The van der Waals surface area contributed by atoms with Crippen LogP contribution in [0.1, 0.15) is 0 Å². The van der Waals surface area contributed by atoms with E-state index in [1.165, 1.54) is 36.4 Å². The third-order valence-electron chi connectivity index (χ3n) is 9.85. The van der Waals surface area contributed by atoms with E-state index in [2.05, 4.69) is 20.5 Å². The molecule has 30 heteroatoms. The Kier molecular flexibility index (Phi) is 14.6. The van der Waals surface area contributed by atoms with Crippen molar-refractivity contribution in [2.24, 2.45) is 20.5 Å². The van der Waals surface area contributed by atoms with Crippen molar-refractivity contribution >= 4 is 96.1 Å². The summed E-state index contributed by atoms with van der Waals surface area (Å²) in [6.45, 7) is -0.112. The van der Waals surface area contributed by atoms with Crippen LogP contribution < -0.4 is 30.4 Å². The first-order valence-corrected chi connectivity index (χ1v) is 25.5. The molecule has 7 rings (SSSR count). The molecule has 0 radical (unpaired) electrons. The number of rotatable bonds is 8. The fourth-order valence-corrected chi connectivity index (χ4v) is 9.45. The van der Waals surface area contributed by atoms with Gasteiger partial charge in [0.25, 0.3) is 40.5 Å². The number of hydrogen-bond donors (Lipinski definition) is 8. The number of azo groups is 2. The number of nitrogens with zero attached hydrogens (tertiary/aromatic N) is 4. The highest BCUT2D eigenvalue weighted by Crippen LogP contribution is 2.47. The Balaban J connectivity index is 1.07. The van der Waals surface area contributed by atoms with Gasteiger partial charge in [0.2, 0.25) is 0 Å². The van der Waals surface area contributed by atoms with Gasteiger partial charge in [0.05, 0.1) is 48.6 Å². The molecule has 0 saturated carbocycles. The zero-order chi connectivity index (χ0) is 50.8. The molecule has 0 bridgehead atoms. The van der Waals surface area contributed by atoms with Crippen molar-refractivity contribution in [2.45, 2.75) is 19.6 Å². The molecule has 1 heterocycles. The van der Waals surface area contributed by atoms with Gasteiger partial charge in [-0.25, -0.2) is 0 Å². The predicted octanol–water partition coefficient (Wildman–Crippen LogP) is 5.65. The van der Waals surface area contributed by atoms with Crippen LogP contribution in [0.15, 0.2) is 113 Å². The highest BCUT2D eigenvalue weighted by Gasteiger charge is 2.29. The second-order valence-corrected chi connectivity index (χ2v) is 20.0. The Morgan fingerprint density at radius 1 is 0.400 bits per heavy atom. The number of fused-ring (bicyclic) bond motifs is 4. The number of nitrogen functional groups attached to an aromatic ring is 2. The van der Waals surface area contributed by atoms with E-state index in [0.717, 1.165) is 24.3 Å². The summed E-state index contributed by atoms with van der Waals surface area (Å²) in [5.74, 6) is -1.31. The molecule has 0 fully saturated rings. The molecule has 10 N–H and O–H groups in total. The Morgan fingerprint density at radius 3 is 1.06 bits per heavy atom. The summed E-state index contributed by atoms with van der Waals surface area (Å²) in [6, 6.07) is 13.5. The maximum Gasteiger partial charge on any atom is 0.296 e. The monoisotopic (exact) mass is 1050 g/mol. The fraction of sp³-hybridized carbons (Fsp3) is 0.200. The minimum absolute atomic E-state index is 0.00588. The van der Waals surface area contributed by atoms with Crippen LogP contribution in [-0.4, -0.2) is 115 Å². The van der Waals surface area contributed by atoms with E-state index < -0.39 is 104 Å². The highest BCUT2D eigenvalue weighted by atomic mass is 32.2. The first-order chi connectivity index (χ1) is 32.9. The van der Waals surface area contributed by atoms with Crippen molar-refractivity contribution < 1.29 is 90.5 Å². The maximum atomic E-state index is 12.4. The summed E-state index contributed by atoms with van der Waals surface area (Å²) in [5, 5.41) is 36.0. The third-order valence-corrected chi connectivity index (χ3v) is 13.4. The largest absolute Gasteiger partial charge is 0.505 e. The molecule has 0 aliphatic carbocycles. The molecule has 0 amide bonds. The van der Waals surface area contributed by atoms with E-state index >= 15 is 0 Å². The van der Waals surface area contributed by atoms with Crippen LogP contribution in [0.4, 0.5) is 34.1 Å². The molecule has 1 aliphatic rings. The normalized spacial score (nSPS) is 15.0. The van der Waals surface area contributed by atoms with Gasteiger partial charge in [0, 0.05) is 34.3 Å². The van der Waals surface area contributed by atoms with Crippen molar-refractivity contribution in [3.05, 3.63) is 72.8 Å². The number of ether oxygens (including phenoxy) is 6. The summed E-state index contributed by atoms with van der Waals surface area (Å²) >= 11 is 0. The van der Waals surface area contributed by atoms with Gasteiger partial charge >= 0.3 is 0 Å². The van der Waals surface area contributed by atoms with E-state index in [0.29, 0.717) is 12.1 Å². The lowest BCUT2D eigenvalue weighted by Gasteiger charge is -2.16. The maximum absolute atomic E-state index is 12.4. The van der Waals surface area contributed by atoms with Crippen molar-refractivity contribution in [1.29, 1.82) is 0 Å². The van der Waals surface area contributed by atoms with Gasteiger partial charge in [-0.15, -0.1) is 10.2 Å². The van der Waals surface area contributed by atoms with Gasteiger partial charge in [0.15, 0.2) is 34.5 Å². The first-order valence-electron chi connectivity index (χ1n) is 19.8. The Morgan fingerprint density at radius 2 is 0.729 bits per heavy atom. The lowest BCUT2D eigenvalue weighted by atomic mass is 10.1. The van der Waals surface area contributed by atoms with Gasteiger partial charge in [-0.1, -0.05) is 0 Å². The average molecular weight is 1050 g/mol. The van der Waals surface area contributed by atoms with Crippen molar-refractivity contribution in [3.63, 3.8) is 0 Å². The second-order valence-electron chi connectivity index (χ2n) is 14.5. The SMILES string of the molecule is Nc1ccc(S(=O)(=O)O)c2cc(S(=O)(=O)O)c(N=Nc3ccc4c(c3)OCCOCCOc3ccc(N=Nc5c(S(=O)(=O)O)cc6c(S(=O)(=O)O)ccc(N)c6c5O)cc3OCCOCCO4)c(O)c12. The molecule has 70 heavy (non-hydrogen) atoms. The van der Waals surface area contributed by atoms with Crippen LogP contribution >= 0.6 is 0 Å². The molecule has 0 unspecified atom stereocenters. The van der Waals surface area contributed by atoms with E-state index in [4.69, 9.17) is 39.9 Å². The van der Waals surface area contributed by atoms with Gasteiger partial charge in [0.1, 0.15) is 57.4 Å². The van der Waals surface area contributed by atoms with Crippen molar-refractivity contribution in [3.8, 4) is 34.5 Å². The van der Waals surface area contributed by atoms with Gasteiger partial charge in [-0.3, -0.25) is 18.2 Å². The van der Waals surface area contributed by atoms with Crippen LogP contribution in [0.2, 0.25) is 0 Å². The molecule has 0 aromatic heterocycles. The number of hydrogen-bond acceptors (Lipinski definition) is 22. The fourth-order valence-electron chi connectivity index (χ4n) is 6.80. The summed E-state index contributed by atoms with van der Waals surface area (Å²) in [4.78, 5) is -3.71. The molecular formula is C40H38N6O20S4. The van der Waals surface area contributed by atoms with Crippen LogP contribution in [0, 0.1) is 0 Å². The first kappa shape index (κ1) is 50.9. The number of aromatic hydroxyl groups is 2. The molecule has 372 valence electrons. The highest BCUT2D eigenvalue weighted by molar-refractivity contribution is 7.87. The zero-order valence-corrected chi connectivity index (χ0v) is 38.8. The molecular weight excluding hydrogens is 1010 g/mol. The molecule has 0 atom stereocenters. The molecule has 6 aromatic carbocycles. The van der Waals surface area contributed by atoms with Gasteiger partial charge in [-0.2, -0.15) is 43.9 Å². The minimum Gasteiger partial charge on any atom is -0.505 e.